The summed E-state index contributed by atoms with van der Waals surface area (Å²) in [4.78, 5) is 277. The summed E-state index contributed by atoms with van der Waals surface area (Å²) in [6.45, 7) is 3.65. The van der Waals surface area contributed by atoms with Crippen LogP contribution in [0.5, 0.6) is 0 Å². The van der Waals surface area contributed by atoms with E-state index in [1.807, 2.05) is 0 Å². The molecule has 4 aromatic rings. The van der Waals surface area contributed by atoms with Crippen molar-refractivity contribution in [2.75, 3.05) is 67.6 Å². The predicted molar refractivity (Wildman–Crippen MR) is 446 cm³/mol. The van der Waals surface area contributed by atoms with Crippen LogP contribution in [0.15, 0.2) is 60.9 Å². The highest BCUT2D eigenvalue weighted by atomic mass is 32.2. The van der Waals surface area contributed by atoms with Crippen LogP contribution in [0.25, 0.3) is 21.8 Å². The van der Waals surface area contributed by atoms with Crippen LogP contribution in [0.4, 0.5) is 0 Å². The number of hydrogen-bond donors (Lipinski definition) is 21. The first-order valence-corrected chi connectivity index (χ1v) is 42.7. The van der Waals surface area contributed by atoms with Gasteiger partial charge in [-0.1, -0.05) is 50.2 Å². The van der Waals surface area contributed by atoms with E-state index >= 15 is 19.2 Å². The highest BCUT2D eigenvalue weighted by molar-refractivity contribution is 7.99. The zero-order valence-corrected chi connectivity index (χ0v) is 70.1. The van der Waals surface area contributed by atoms with Crippen LogP contribution in [-0.2, 0) is 104 Å². The molecule has 0 saturated carbocycles. The Bertz CT molecular complexity index is 4530. The number of fused-ring (bicyclic) bond motifs is 9. The van der Waals surface area contributed by atoms with E-state index in [-0.39, 0.29) is 86.9 Å². The number of benzene rings is 2. The van der Waals surface area contributed by atoms with Gasteiger partial charge >= 0.3 is 11.9 Å². The van der Waals surface area contributed by atoms with Gasteiger partial charge in [-0.15, -0.1) is 0 Å². The summed E-state index contributed by atoms with van der Waals surface area (Å²) in [7, 11) is 0. The fraction of sp³-hybridized carbons (Fsp3) is 0.526. The number of nitrogens with two attached hydrogens (primary N) is 3. The Kier molecular flexibility index (Phi) is 37.9. The van der Waals surface area contributed by atoms with Crippen molar-refractivity contribution in [2.24, 2.45) is 23.1 Å². The molecule has 5 heterocycles. The third-order valence-corrected chi connectivity index (χ3v) is 22.7. The molecule has 7 rings (SSSR count). The lowest BCUT2D eigenvalue weighted by Crippen LogP contribution is -2.61. The number of nitrogens with zero attached hydrogens (tertiary/aromatic N) is 3. The Hall–Kier alpha value is -12.2. The molecule has 11 atom stereocenters. The second-order valence-electron chi connectivity index (χ2n) is 29.7. The quantitative estimate of drug-likeness (QED) is 0.0224. The standard InChI is InChI=1S/C76H106N22O21S3/c1-39(2)26-51-70(114)88-50(16-18-63(105)106)69(113)93-54(29-64(107)108)73(117)95-57-35-122-25-21-62(104)98-37-96(36-97(38-98)61(103)20-24-121-34-56(86-41(4)99)74(118)89-49(15-17-58(77)100)68(112)91-53(72(116)90-51)28-43-31-83-47-13-8-6-11-45(43)47)60(102)19-23-120-33-55(65(78)109)94-66(110)40(3)85-59(101)32-84-67(111)48(14-9-22-81-76(79)80)87-71(115)52(92-75(57)119)27-42-30-82-46-12-7-5-10-44(42)46/h5-8,10-13,30-31,39-40,48-57,82-83H,9,14-29,32-38H2,1-4H3,(H2,77,100)(H2,78,109)(H,84,111)(H,85,101)(H,86,99)(H,87,115)(H,88,114)(H,89,118)(H,90,116)(H,91,112)(H,92,119)(H,93,113)(H,94,110)(H,95,117)(H,105,106)(H,107,108)(H4,79,80,81)/t40-,48-,49-,50-,51-,52-,53-,54-,55-,56-,57-/m0/s1. The van der Waals surface area contributed by atoms with E-state index in [0.717, 1.165) is 42.2 Å². The van der Waals surface area contributed by atoms with Gasteiger partial charge in [0.15, 0.2) is 5.96 Å². The number of aromatic amines is 2. The third-order valence-electron chi connectivity index (χ3n) is 19.5. The number of amides is 17. The fourth-order valence-corrected chi connectivity index (χ4v) is 16.0. The molecule has 3 fully saturated rings. The predicted octanol–water partition coefficient (Wildman–Crippen LogP) is -4.91. The second-order valence-corrected chi connectivity index (χ2v) is 33.1. The topological polar surface area (TPSA) is 664 Å². The third kappa shape index (κ3) is 31.1. The normalized spacial score (nSPS) is 23.8. The highest BCUT2D eigenvalue weighted by Gasteiger charge is 2.39. The number of nitrogens with one attached hydrogen (secondary N) is 16. The van der Waals surface area contributed by atoms with Gasteiger partial charge in [0.1, 0.15) is 66.5 Å². The van der Waals surface area contributed by atoms with E-state index in [0.29, 0.717) is 32.9 Å². The molecule has 0 spiro atoms. The van der Waals surface area contributed by atoms with Gasteiger partial charge in [0.05, 0.1) is 33.0 Å². The number of hydrogen-bond acceptors (Lipinski definition) is 23. The number of primary amides is 2. The van der Waals surface area contributed by atoms with Crippen LogP contribution >= 0.6 is 35.3 Å². The molecule has 0 aliphatic carbocycles. The van der Waals surface area contributed by atoms with Gasteiger partial charge < -0.3 is 121 Å². The Morgan fingerprint density at radius 3 is 1.47 bits per heavy atom. The first-order valence-electron chi connectivity index (χ1n) is 39.3. The monoisotopic (exact) mass is 1760 g/mol. The molecule has 24 N–H and O–H groups in total. The van der Waals surface area contributed by atoms with Gasteiger partial charge in [-0.25, -0.2) is 0 Å². The maximum atomic E-state index is 15.4. The van der Waals surface area contributed by atoms with Gasteiger partial charge in [0.25, 0.3) is 0 Å². The smallest absolute Gasteiger partial charge is 0.305 e. The molecule has 2 aromatic carbocycles. The Morgan fingerprint density at radius 1 is 0.516 bits per heavy atom. The van der Waals surface area contributed by atoms with Crippen molar-refractivity contribution in [3.05, 3.63) is 72.1 Å². The lowest BCUT2D eigenvalue weighted by atomic mass is 9.99. The molecule has 122 heavy (non-hydrogen) atoms. The van der Waals surface area contributed by atoms with Crippen LogP contribution in [0.2, 0.25) is 0 Å². The van der Waals surface area contributed by atoms with Crippen molar-refractivity contribution in [1.82, 2.24) is 93.8 Å². The maximum Gasteiger partial charge on any atom is 0.305 e. The van der Waals surface area contributed by atoms with Gasteiger partial charge in [0.2, 0.25) is 100 Å². The summed E-state index contributed by atoms with van der Waals surface area (Å²) in [6.07, 6.45) is -2.92. The minimum atomic E-state index is -2.20. The molecule has 3 saturated heterocycles. The first kappa shape index (κ1) is 96.9. The molecule has 46 heteroatoms. The molecule has 2 aromatic heterocycles. The Morgan fingerprint density at radius 2 is 0.967 bits per heavy atom. The zero-order valence-electron chi connectivity index (χ0n) is 67.6. The van der Waals surface area contributed by atoms with Crippen LogP contribution in [0.3, 0.4) is 0 Å². The van der Waals surface area contributed by atoms with E-state index in [1.165, 1.54) is 27.8 Å². The summed E-state index contributed by atoms with van der Waals surface area (Å²) in [5.41, 5.74) is 18.8. The number of aliphatic carboxylic acids is 2. The molecule has 43 nitrogen and oxygen atoms in total. The van der Waals surface area contributed by atoms with Gasteiger partial charge in [-0.05, 0) is 68.2 Å². The van der Waals surface area contributed by atoms with Crippen molar-refractivity contribution in [3.8, 4) is 0 Å². The van der Waals surface area contributed by atoms with Gasteiger partial charge in [0, 0.05) is 127 Å². The van der Waals surface area contributed by atoms with Crippen LogP contribution in [0, 0.1) is 11.3 Å². The number of H-pyrrole nitrogens is 2. The van der Waals surface area contributed by atoms with E-state index in [4.69, 9.17) is 22.6 Å². The number of rotatable bonds is 20. The maximum absolute atomic E-state index is 15.4. The van der Waals surface area contributed by atoms with Crippen molar-refractivity contribution < 1.29 is 101 Å². The molecule has 4 bridgehead atoms. The molecule has 17 amide bonds. The highest BCUT2D eigenvalue weighted by Crippen LogP contribution is 2.24. The number of carbonyl (C=O) groups is 19. The minimum absolute atomic E-state index is 0.0194. The van der Waals surface area contributed by atoms with E-state index in [9.17, 15) is 82.1 Å². The summed E-state index contributed by atoms with van der Waals surface area (Å²) >= 11 is 2.85. The largest absolute Gasteiger partial charge is 0.481 e. The molecule has 0 unspecified atom stereocenters. The average molecular weight is 1760 g/mol. The second kappa shape index (κ2) is 47.7. The summed E-state index contributed by atoms with van der Waals surface area (Å²) in [6, 6.07) is -4.83. The van der Waals surface area contributed by atoms with E-state index in [2.05, 4.69) is 79.1 Å². The number of aromatic nitrogens is 2. The summed E-state index contributed by atoms with van der Waals surface area (Å²) in [5.74, 6) is -22.0. The SMILES string of the molecule is CC(=O)N[C@H]1CSCCC(=O)N2CN3CN(C2)C(=O)CCSC[C@H](NC(=O)[C@H](CC(=O)O)NC(=O)[C@H](CCC(=O)O)NC(=O)[C@H](CC(C)C)NC(=O)[C@H](Cc2c[nH]c4ccccc24)NC(=O)[C@H](CCC(N)=O)NC1=O)C(=O)N[C@@H](Cc1c[nH]c2ccccc12)C(=O)N[C@@H](CCCNC(=N)N)C(=O)NCC(=O)N[C@@H](C)C(=O)N[C@H](C(N)=O)CSCCC3=O. The van der Waals surface area contributed by atoms with Gasteiger partial charge in [-0.2, -0.15) is 35.3 Å². The lowest BCUT2D eigenvalue weighted by molar-refractivity contribution is -0.158. The van der Waals surface area contributed by atoms with E-state index in [1.54, 1.807) is 68.6 Å². The van der Waals surface area contributed by atoms with Crippen molar-refractivity contribution in [1.29, 1.82) is 5.41 Å². The molecular formula is C76H106N22O21S3. The zero-order chi connectivity index (χ0) is 89.4. The number of carbonyl (C=O) groups excluding carboxylic acids is 17. The van der Waals surface area contributed by atoms with E-state index < -0.39 is 255 Å². The number of para-hydroxylation sites is 2. The van der Waals surface area contributed by atoms with Crippen molar-refractivity contribution in [2.45, 2.75) is 178 Å². The Labute approximate surface area is 712 Å². The number of carboxylic acids is 2. The average Bonchev–Trinajstić information content (AvgIpc) is 1.64. The lowest BCUT2D eigenvalue weighted by Gasteiger charge is -2.42. The van der Waals surface area contributed by atoms with Crippen molar-refractivity contribution in [3.63, 3.8) is 0 Å². The Balaban J connectivity index is 1.34. The molecule has 664 valence electrons. The number of guanidine groups is 1. The minimum Gasteiger partial charge on any atom is -0.481 e. The molecule has 0 radical (unpaired) electrons. The summed E-state index contributed by atoms with van der Waals surface area (Å²) < 4.78 is 0. The van der Waals surface area contributed by atoms with Crippen LogP contribution in [-0.4, -0.2) is 287 Å². The number of thioether (sulfide) groups is 3. The molecule has 3 aliphatic rings. The van der Waals surface area contributed by atoms with Crippen LogP contribution < -0.4 is 86.3 Å². The molecule has 3 aliphatic heterocycles. The molecular weight excluding hydrogens is 1650 g/mol. The first-order chi connectivity index (χ1) is 57.9. The number of carboxylic acid groups (broad SMARTS) is 2. The fourth-order valence-electron chi connectivity index (χ4n) is 13.1. The van der Waals surface area contributed by atoms with Gasteiger partial charge in [-0.3, -0.25) is 96.5 Å². The van der Waals surface area contributed by atoms with Crippen LogP contribution in [0.1, 0.15) is 109 Å². The summed E-state index contributed by atoms with van der Waals surface area (Å²) in [5, 5.41) is 61.8. The van der Waals surface area contributed by atoms with Crippen molar-refractivity contribution >= 4 is 175 Å².